The van der Waals surface area contributed by atoms with Crippen molar-refractivity contribution in [2.24, 2.45) is 0 Å². The molecule has 0 aromatic heterocycles. The van der Waals surface area contributed by atoms with Crippen molar-refractivity contribution in [2.45, 2.75) is 30.7 Å². The van der Waals surface area contributed by atoms with Gasteiger partial charge in [-0.3, -0.25) is 4.90 Å². The van der Waals surface area contributed by atoms with Crippen LogP contribution in [0, 0.1) is 0 Å². The second-order valence-corrected chi connectivity index (χ2v) is 7.54. The predicted molar refractivity (Wildman–Crippen MR) is 81.0 cm³/mol. The third-order valence-electron chi connectivity index (χ3n) is 4.32. The van der Waals surface area contributed by atoms with Gasteiger partial charge < -0.3 is 4.74 Å². The summed E-state index contributed by atoms with van der Waals surface area (Å²) < 4.78 is 32.4. The molecule has 2 aliphatic heterocycles. The zero-order chi connectivity index (χ0) is 14.9. The highest BCUT2D eigenvalue weighted by atomic mass is 32.2. The summed E-state index contributed by atoms with van der Waals surface area (Å²) in [6, 6.07) is 7.13. The van der Waals surface area contributed by atoms with E-state index in [9.17, 15) is 8.42 Å². The zero-order valence-electron chi connectivity index (χ0n) is 12.4. The molecular formula is C15H22N2O3S. The van der Waals surface area contributed by atoms with Crippen molar-refractivity contribution in [3.63, 3.8) is 0 Å². The first kappa shape index (κ1) is 14.8. The van der Waals surface area contributed by atoms with E-state index in [4.69, 9.17) is 4.74 Å². The molecule has 1 aromatic carbocycles. The van der Waals surface area contributed by atoms with Gasteiger partial charge in [0.25, 0.3) is 0 Å². The standard InChI is InChI=1S/C15H22N2O3S/c1-2-20-14-5-7-15(8-6-14)21(18,19)17-11-10-16-9-3-4-13(16)12-17/h5-8,13H,2-4,9-12H2,1H3/t13-/m1/s1. The Balaban J connectivity index is 1.76. The Morgan fingerprint density at radius 2 is 1.95 bits per heavy atom. The van der Waals surface area contributed by atoms with Crippen molar-refractivity contribution in [3.8, 4) is 5.75 Å². The highest BCUT2D eigenvalue weighted by Crippen LogP contribution is 2.26. The summed E-state index contributed by atoms with van der Waals surface area (Å²) in [5.41, 5.74) is 0. The summed E-state index contributed by atoms with van der Waals surface area (Å²) in [4.78, 5) is 2.77. The fraction of sp³-hybridized carbons (Fsp3) is 0.600. The largest absolute Gasteiger partial charge is 0.494 e. The normalized spacial score (nSPS) is 24.0. The molecule has 0 bridgehead atoms. The van der Waals surface area contributed by atoms with Crippen LogP contribution in [0.2, 0.25) is 0 Å². The van der Waals surface area contributed by atoms with E-state index < -0.39 is 10.0 Å². The third kappa shape index (κ3) is 2.93. The molecule has 0 saturated carbocycles. The van der Waals surface area contributed by atoms with Crippen molar-refractivity contribution in [3.05, 3.63) is 24.3 Å². The van der Waals surface area contributed by atoms with Gasteiger partial charge in [0.15, 0.2) is 0 Å². The van der Waals surface area contributed by atoms with Crippen molar-refractivity contribution in [1.82, 2.24) is 9.21 Å². The van der Waals surface area contributed by atoms with Crippen molar-refractivity contribution < 1.29 is 13.2 Å². The minimum atomic E-state index is -3.38. The van der Waals surface area contributed by atoms with E-state index in [-0.39, 0.29) is 0 Å². The number of nitrogens with zero attached hydrogens (tertiary/aromatic N) is 2. The number of hydrogen-bond donors (Lipinski definition) is 0. The molecule has 0 N–H and O–H groups in total. The molecule has 2 heterocycles. The molecule has 3 rings (SSSR count). The highest BCUT2D eigenvalue weighted by molar-refractivity contribution is 7.89. The summed E-state index contributed by atoms with van der Waals surface area (Å²) in [5.74, 6) is 0.706. The Hall–Kier alpha value is -1.11. The molecule has 1 aromatic rings. The molecule has 2 saturated heterocycles. The van der Waals surface area contributed by atoms with Gasteiger partial charge in [0.05, 0.1) is 11.5 Å². The molecule has 21 heavy (non-hydrogen) atoms. The highest BCUT2D eigenvalue weighted by Gasteiger charge is 2.36. The minimum Gasteiger partial charge on any atom is -0.494 e. The van der Waals surface area contributed by atoms with E-state index in [1.807, 2.05) is 6.92 Å². The number of ether oxygens (including phenoxy) is 1. The van der Waals surface area contributed by atoms with E-state index >= 15 is 0 Å². The van der Waals surface area contributed by atoms with Crippen molar-refractivity contribution in [1.29, 1.82) is 0 Å². The van der Waals surface area contributed by atoms with Gasteiger partial charge in [0.1, 0.15) is 5.75 Å². The molecule has 0 radical (unpaired) electrons. The summed E-state index contributed by atoms with van der Waals surface area (Å²) in [6.07, 6.45) is 2.29. The van der Waals surface area contributed by atoms with E-state index in [0.717, 1.165) is 19.5 Å². The molecule has 0 spiro atoms. The number of rotatable bonds is 4. The van der Waals surface area contributed by atoms with Crippen LogP contribution in [0.1, 0.15) is 19.8 Å². The van der Waals surface area contributed by atoms with Gasteiger partial charge in [-0.1, -0.05) is 0 Å². The van der Waals surface area contributed by atoms with Gasteiger partial charge in [0, 0.05) is 25.7 Å². The SMILES string of the molecule is CCOc1ccc(S(=O)(=O)N2CCN3CCC[C@@H]3C2)cc1. The van der Waals surface area contributed by atoms with Gasteiger partial charge in [-0.05, 0) is 50.6 Å². The van der Waals surface area contributed by atoms with Crippen LogP contribution in [0.3, 0.4) is 0 Å². The Morgan fingerprint density at radius 3 is 2.67 bits per heavy atom. The maximum atomic E-state index is 12.7. The van der Waals surface area contributed by atoms with Gasteiger partial charge in [-0.25, -0.2) is 8.42 Å². The number of sulfonamides is 1. The van der Waals surface area contributed by atoms with Crippen molar-refractivity contribution >= 4 is 10.0 Å². The second kappa shape index (κ2) is 5.94. The number of piperazine rings is 1. The van der Waals surface area contributed by atoms with E-state index in [2.05, 4.69) is 4.90 Å². The summed E-state index contributed by atoms with van der Waals surface area (Å²) in [6.45, 7) is 5.66. The molecule has 0 amide bonds. The lowest BCUT2D eigenvalue weighted by Gasteiger charge is -2.36. The van der Waals surface area contributed by atoms with Gasteiger partial charge in [-0.15, -0.1) is 0 Å². The maximum Gasteiger partial charge on any atom is 0.243 e. The van der Waals surface area contributed by atoms with Crippen LogP contribution < -0.4 is 4.74 Å². The molecule has 2 fully saturated rings. The van der Waals surface area contributed by atoms with Crippen LogP contribution in [0.15, 0.2) is 29.2 Å². The number of hydrogen-bond acceptors (Lipinski definition) is 4. The van der Waals surface area contributed by atoms with Gasteiger partial charge in [0.2, 0.25) is 10.0 Å². The summed E-state index contributed by atoms with van der Waals surface area (Å²) >= 11 is 0. The first-order valence-corrected chi connectivity index (χ1v) is 9.02. The molecular weight excluding hydrogens is 288 g/mol. The average Bonchev–Trinajstić information content (AvgIpc) is 2.95. The summed E-state index contributed by atoms with van der Waals surface area (Å²) in [5, 5.41) is 0. The number of fused-ring (bicyclic) bond motifs is 1. The lowest BCUT2D eigenvalue weighted by molar-refractivity contribution is 0.158. The number of benzene rings is 1. The van der Waals surface area contributed by atoms with Crippen LogP contribution in [0.5, 0.6) is 5.75 Å². The van der Waals surface area contributed by atoms with Crippen LogP contribution >= 0.6 is 0 Å². The lowest BCUT2D eigenvalue weighted by atomic mass is 10.2. The fourth-order valence-electron chi connectivity index (χ4n) is 3.20. The topological polar surface area (TPSA) is 49.9 Å². The second-order valence-electron chi connectivity index (χ2n) is 5.60. The maximum absolute atomic E-state index is 12.7. The first-order chi connectivity index (χ1) is 10.1. The molecule has 2 aliphatic rings. The van der Waals surface area contributed by atoms with Gasteiger partial charge in [-0.2, -0.15) is 4.31 Å². The molecule has 0 aliphatic carbocycles. The van der Waals surface area contributed by atoms with E-state index in [0.29, 0.717) is 36.4 Å². The molecule has 116 valence electrons. The Morgan fingerprint density at radius 1 is 1.19 bits per heavy atom. The molecule has 6 heteroatoms. The fourth-order valence-corrected chi connectivity index (χ4v) is 4.67. The zero-order valence-corrected chi connectivity index (χ0v) is 13.2. The monoisotopic (exact) mass is 310 g/mol. The Bertz CT molecular complexity index is 585. The minimum absolute atomic E-state index is 0.359. The van der Waals surface area contributed by atoms with E-state index in [1.165, 1.54) is 6.42 Å². The molecule has 1 atom stereocenters. The predicted octanol–water partition coefficient (Wildman–Crippen LogP) is 1.55. The van der Waals surface area contributed by atoms with Crippen LogP contribution in [-0.2, 0) is 10.0 Å². The third-order valence-corrected chi connectivity index (χ3v) is 6.20. The smallest absolute Gasteiger partial charge is 0.243 e. The van der Waals surface area contributed by atoms with Crippen LogP contribution in [0.4, 0.5) is 0 Å². The van der Waals surface area contributed by atoms with Crippen molar-refractivity contribution in [2.75, 3.05) is 32.8 Å². The Kier molecular flexibility index (Phi) is 4.19. The summed E-state index contributed by atoms with van der Waals surface area (Å²) in [7, 11) is -3.38. The Labute approximate surface area is 126 Å². The van der Waals surface area contributed by atoms with E-state index in [1.54, 1.807) is 28.6 Å². The van der Waals surface area contributed by atoms with Gasteiger partial charge >= 0.3 is 0 Å². The van der Waals surface area contributed by atoms with Crippen LogP contribution in [-0.4, -0.2) is 56.5 Å². The molecule has 5 nitrogen and oxygen atoms in total. The lowest BCUT2D eigenvalue weighted by Crippen LogP contribution is -2.51. The molecule has 0 unspecified atom stereocenters. The quantitative estimate of drug-likeness (QED) is 0.847. The van der Waals surface area contributed by atoms with Crippen LogP contribution in [0.25, 0.3) is 0 Å². The first-order valence-electron chi connectivity index (χ1n) is 7.58. The average molecular weight is 310 g/mol.